The van der Waals surface area contributed by atoms with E-state index in [1.165, 1.54) is 10.7 Å². The van der Waals surface area contributed by atoms with E-state index in [0.717, 1.165) is 5.69 Å². The summed E-state index contributed by atoms with van der Waals surface area (Å²) in [7, 11) is 0. The summed E-state index contributed by atoms with van der Waals surface area (Å²) in [6.45, 7) is 0. The average molecular weight is 229 g/mol. The van der Waals surface area contributed by atoms with Crippen LogP contribution in [-0.4, -0.2) is 25.2 Å². The van der Waals surface area contributed by atoms with Gasteiger partial charge in [-0.3, -0.25) is 5.10 Å². The zero-order chi connectivity index (χ0) is 11.7. The minimum absolute atomic E-state index is 0.339. The van der Waals surface area contributed by atoms with Gasteiger partial charge in [-0.25, -0.2) is 9.07 Å². The fraction of sp³-hybridized carbons (Fsp3) is 0. The van der Waals surface area contributed by atoms with Crippen molar-refractivity contribution >= 4 is 0 Å². The number of aromatic nitrogens is 5. The van der Waals surface area contributed by atoms with E-state index >= 15 is 0 Å². The van der Waals surface area contributed by atoms with Gasteiger partial charge in [0.2, 0.25) is 0 Å². The Bertz CT molecular complexity index is 629. The van der Waals surface area contributed by atoms with E-state index in [1.807, 2.05) is 0 Å². The van der Waals surface area contributed by atoms with E-state index in [4.69, 9.17) is 0 Å². The molecule has 84 valence electrons. The van der Waals surface area contributed by atoms with Gasteiger partial charge in [0.15, 0.2) is 0 Å². The second kappa shape index (κ2) is 3.82. The molecule has 1 aromatic carbocycles. The normalized spacial score (nSPS) is 10.6. The van der Waals surface area contributed by atoms with Gasteiger partial charge in [-0.15, -0.1) is 5.10 Å². The highest BCUT2D eigenvalue weighted by molar-refractivity contribution is 5.52. The molecule has 0 unspecified atom stereocenters. The largest absolute Gasteiger partial charge is 0.276 e. The number of nitrogens with one attached hydrogen (secondary N) is 1. The topological polar surface area (TPSA) is 59.4 Å². The van der Waals surface area contributed by atoms with Crippen LogP contribution in [0.2, 0.25) is 0 Å². The number of hydrogen-bond acceptors (Lipinski definition) is 3. The van der Waals surface area contributed by atoms with E-state index < -0.39 is 0 Å². The monoisotopic (exact) mass is 229 g/mol. The minimum atomic E-state index is -0.339. The Morgan fingerprint density at radius 3 is 2.82 bits per heavy atom. The molecule has 2 aromatic heterocycles. The molecule has 0 aliphatic carbocycles. The molecule has 3 rings (SSSR count). The Morgan fingerprint density at radius 1 is 1.18 bits per heavy atom. The first kappa shape index (κ1) is 9.71. The predicted octanol–water partition coefficient (Wildman–Crippen LogP) is 1.80. The molecule has 2 heterocycles. The van der Waals surface area contributed by atoms with Crippen molar-refractivity contribution in [3.8, 4) is 17.1 Å². The lowest BCUT2D eigenvalue weighted by atomic mass is 10.3. The van der Waals surface area contributed by atoms with Crippen molar-refractivity contribution in [1.82, 2.24) is 25.2 Å². The Labute approximate surface area is 95.9 Å². The van der Waals surface area contributed by atoms with Gasteiger partial charge in [0.1, 0.15) is 17.2 Å². The number of H-pyrrole nitrogens is 1. The number of aromatic amines is 1. The summed E-state index contributed by atoms with van der Waals surface area (Å²) in [5.41, 5.74) is 1.73. The Morgan fingerprint density at radius 2 is 2.06 bits per heavy atom. The molecule has 0 saturated heterocycles. The van der Waals surface area contributed by atoms with Gasteiger partial charge in [0, 0.05) is 6.20 Å². The zero-order valence-corrected chi connectivity index (χ0v) is 8.71. The molecule has 3 aromatic rings. The molecule has 5 nitrogen and oxygen atoms in total. The van der Waals surface area contributed by atoms with Gasteiger partial charge in [-0.1, -0.05) is 17.3 Å². The third-order valence-corrected chi connectivity index (χ3v) is 2.37. The molecular formula is C11H8FN5. The highest BCUT2D eigenvalue weighted by Crippen LogP contribution is 2.16. The quantitative estimate of drug-likeness (QED) is 0.728. The lowest BCUT2D eigenvalue weighted by molar-refractivity contribution is 0.607. The molecule has 0 radical (unpaired) electrons. The standard InChI is InChI=1S/C11H8FN5/c12-8-3-1-2-4-11(8)17-7-10(15-16-17)9-5-6-13-14-9/h1-7H,(H,13,14). The van der Waals surface area contributed by atoms with Crippen molar-refractivity contribution in [2.45, 2.75) is 0 Å². The average Bonchev–Trinajstić information content (AvgIpc) is 3.00. The van der Waals surface area contributed by atoms with Gasteiger partial charge in [0.25, 0.3) is 0 Å². The van der Waals surface area contributed by atoms with Crippen LogP contribution in [0.25, 0.3) is 17.1 Å². The van der Waals surface area contributed by atoms with Gasteiger partial charge in [-0.05, 0) is 18.2 Å². The summed E-state index contributed by atoms with van der Waals surface area (Å²) in [6.07, 6.45) is 3.27. The molecule has 0 saturated carbocycles. The summed E-state index contributed by atoms with van der Waals surface area (Å²) in [5.74, 6) is -0.339. The zero-order valence-electron chi connectivity index (χ0n) is 8.71. The smallest absolute Gasteiger partial charge is 0.148 e. The number of nitrogens with zero attached hydrogens (tertiary/aromatic N) is 4. The number of rotatable bonds is 2. The van der Waals surface area contributed by atoms with E-state index in [2.05, 4.69) is 20.5 Å². The molecule has 0 amide bonds. The fourth-order valence-corrected chi connectivity index (χ4v) is 1.54. The molecule has 1 N–H and O–H groups in total. The highest BCUT2D eigenvalue weighted by Gasteiger charge is 2.08. The number of hydrogen-bond donors (Lipinski definition) is 1. The van der Waals surface area contributed by atoms with Crippen LogP contribution >= 0.6 is 0 Å². The second-order valence-corrected chi connectivity index (χ2v) is 3.47. The molecule has 0 aliphatic rings. The predicted molar refractivity (Wildman–Crippen MR) is 58.9 cm³/mol. The maximum atomic E-state index is 13.5. The van der Waals surface area contributed by atoms with Crippen LogP contribution in [0.3, 0.4) is 0 Å². The summed E-state index contributed by atoms with van der Waals surface area (Å²) < 4.78 is 14.9. The van der Waals surface area contributed by atoms with E-state index in [9.17, 15) is 4.39 Å². The SMILES string of the molecule is Fc1ccccc1-n1cc(-c2ccn[nH]2)nn1. The van der Waals surface area contributed by atoms with Crippen LogP contribution in [0.15, 0.2) is 42.7 Å². The minimum Gasteiger partial charge on any atom is -0.276 e. The summed E-state index contributed by atoms with van der Waals surface area (Å²) in [6, 6.07) is 8.17. The van der Waals surface area contributed by atoms with E-state index in [-0.39, 0.29) is 5.82 Å². The summed E-state index contributed by atoms with van der Waals surface area (Å²) in [4.78, 5) is 0. The van der Waals surface area contributed by atoms with Crippen molar-refractivity contribution < 1.29 is 4.39 Å². The van der Waals surface area contributed by atoms with Crippen LogP contribution in [0, 0.1) is 5.82 Å². The molecule has 0 atom stereocenters. The van der Waals surface area contributed by atoms with Crippen LogP contribution in [0.4, 0.5) is 4.39 Å². The molecule has 6 heteroatoms. The third-order valence-electron chi connectivity index (χ3n) is 2.37. The Hall–Kier alpha value is -2.50. The van der Waals surface area contributed by atoms with Crippen LogP contribution in [-0.2, 0) is 0 Å². The maximum Gasteiger partial charge on any atom is 0.148 e. The lowest BCUT2D eigenvalue weighted by Crippen LogP contribution is -1.97. The molecule has 0 aliphatic heterocycles. The van der Waals surface area contributed by atoms with E-state index in [0.29, 0.717) is 11.4 Å². The molecular weight excluding hydrogens is 221 g/mol. The fourth-order valence-electron chi connectivity index (χ4n) is 1.54. The summed E-state index contributed by atoms with van der Waals surface area (Å²) >= 11 is 0. The first-order valence-corrected chi connectivity index (χ1v) is 5.01. The Balaban J connectivity index is 2.04. The van der Waals surface area contributed by atoms with Crippen molar-refractivity contribution in [2.75, 3.05) is 0 Å². The van der Waals surface area contributed by atoms with Gasteiger partial charge >= 0.3 is 0 Å². The first-order valence-electron chi connectivity index (χ1n) is 5.01. The van der Waals surface area contributed by atoms with Crippen LogP contribution in [0.1, 0.15) is 0 Å². The molecule has 17 heavy (non-hydrogen) atoms. The number of benzene rings is 1. The van der Waals surface area contributed by atoms with Crippen molar-refractivity contribution in [3.05, 3.63) is 48.5 Å². The first-order chi connectivity index (χ1) is 8.34. The maximum absolute atomic E-state index is 13.5. The third kappa shape index (κ3) is 1.69. The van der Waals surface area contributed by atoms with Crippen LogP contribution < -0.4 is 0 Å². The summed E-state index contributed by atoms with van der Waals surface area (Å²) in [5, 5.41) is 14.4. The van der Waals surface area contributed by atoms with Gasteiger partial charge in [0.05, 0.1) is 11.9 Å². The van der Waals surface area contributed by atoms with E-state index in [1.54, 1.807) is 36.7 Å². The Kier molecular flexibility index (Phi) is 2.18. The number of halogens is 1. The van der Waals surface area contributed by atoms with Gasteiger partial charge < -0.3 is 0 Å². The highest BCUT2D eigenvalue weighted by atomic mass is 19.1. The van der Waals surface area contributed by atoms with Crippen molar-refractivity contribution in [3.63, 3.8) is 0 Å². The lowest BCUT2D eigenvalue weighted by Gasteiger charge is -1.99. The molecule has 0 spiro atoms. The molecule has 0 fully saturated rings. The van der Waals surface area contributed by atoms with Crippen molar-refractivity contribution in [1.29, 1.82) is 0 Å². The molecule has 0 bridgehead atoms. The van der Waals surface area contributed by atoms with Crippen LogP contribution in [0.5, 0.6) is 0 Å². The van der Waals surface area contributed by atoms with Crippen molar-refractivity contribution in [2.24, 2.45) is 0 Å². The second-order valence-electron chi connectivity index (χ2n) is 3.47. The van der Waals surface area contributed by atoms with Gasteiger partial charge in [-0.2, -0.15) is 5.10 Å². The number of para-hydroxylation sites is 1.